The van der Waals surface area contributed by atoms with Crippen molar-refractivity contribution in [2.45, 2.75) is 26.4 Å². The Bertz CT molecular complexity index is 1030. The van der Waals surface area contributed by atoms with Crippen LogP contribution in [0.2, 0.25) is 0 Å². The first-order valence-corrected chi connectivity index (χ1v) is 11.1. The quantitative estimate of drug-likeness (QED) is 0.822. The highest BCUT2D eigenvalue weighted by Gasteiger charge is 2.41. The molecule has 2 aromatic rings. The van der Waals surface area contributed by atoms with E-state index < -0.39 is 22.2 Å². The molecular formula is C18H19N3O5S2. The summed E-state index contributed by atoms with van der Waals surface area (Å²) in [7, 11) is -3.98. The van der Waals surface area contributed by atoms with Crippen LogP contribution in [0.5, 0.6) is 0 Å². The van der Waals surface area contributed by atoms with E-state index in [9.17, 15) is 18.0 Å². The maximum absolute atomic E-state index is 13.1. The van der Waals surface area contributed by atoms with Gasteiger partial charge in [0.15, 0.2) is 0 Å². The van der Waals surface area contributed by atoms with Crippen molar-refractivity contribution in [3.63, 3.8) is 0 Å². The zero-order chi connectivity index (χ0) is 19.9. The fourth-order valence-electron chi connectivity index (χ4n) is 3.38. The zero-order valence-corrected chi connectivity index (χ0v) is 16.8. The molecular weight excluding hydrogens is 402 g/mol. The van der Waals surface area contributed by atoms with Crippen LogP contribution in [0.15, 0.2) is 30.3 Å². The Morgan fingerprint density at radius 2 is 2.04 bits per heavy atom. The third-order valence-corrected chi connectivity index (χ3v) is 7.30. The third kappa shape index (κ3) is 3.22. The first-order chi connectivity index (χ1) is 13.4. The van der Waals surface area contributed by atoms with Crippen LogP contribution >= 0.6 is 11.3 Å². The van der Waals surface area contributed by atoms with Gasteiger partial charge in [-0.15, -0.1) is 11.3 Å². The molecule has 2 aliphatic rings. The molecule has 2 aliphatic heterocycles. The predicted molar refractivity (Wildman–Crippen MR) is 104 cm³/mol. The molecule has 1 N–H and O–H groups in total. The van der Waals surface area contributed by atoms with Crippen molar-refractivity contribution in [3.05, 3.63) is 51.9 Å². The molecule has 0 bridgehead atoms. The van der Waals surface area contributed by atoms with Gasteiger partial charge in [0.2, 0.25) is 0 Å². The van der Waals surface area contributed by atoms with Crippen LogP contribution in [0.1, 0.15) is 33.3 Å². The molecule has 148 valence electrons. The monoisotopic (exact) mass is 421 g/mol. The first kappa shape index (κ1) is 18.8. The molecule has 4 rings (SSSR count). The zero-order valence-electron chi connectivity index (χ0n) is 15.2. The predicted octanol–water partition coefficient (Wildman–Crippen LogP) is 2.58. The SMILES string of the molecule is CCOC(=O)N1CCc2c(sc3c2C(=O)N(Cc2ccccc2)S(=O)(=O)N3)C1. The van der Waals surface area contributed by atoms with Crippen molar-refractivity contribution in [1.29, 1.82) is 0 Å². The van der Waals surface area contributed by atoms with Crippen molar-refractivity contribution in [3.8, 4) is 0 Å². The Hall–Kier alpha value is -2.59. The largest absolute Gasteiger partial charge is 0.450 e. The molecule has 0 unspecified atom stereocenters. The van der Waals surface area contributed by atoms with Gasteiger partial charge < -0.3 is 9.64 Å². The summed E-state index contributed by atoms with van der Waals surface area (Å²) in [6.45, 7) is 2.73. The van der Waals surface area contributed by atoms with E-state index in [1.54, 1.807) is 36.1 Å². The van der Waals surface area contributed by atoms with Crippen molar-refractivity contribution < 1.29 is 22.7 Å². The molecule has 0 fully saturated rings. The minimum atomic E-state index is -3.98. The second-order valence-corrected chi connectivity index (χ2v) is 9.18. The van der Waals surface area contributed by atoms with E-state index in [0.717, 1.165) is 20.3 Å². The normalized spacial score (nSPS) is 17.5. The third-order valence-electron chi connectivity index (χ3n) is 4.70. The number of anilines is 1. The molecule has 28 heavy (non-hydrogen) atoms. The van der Waals surface area contributed by atoms with E-state index in [1.807, 2.05) is 6.07 Å². The summed E-state index contributed by atoms with van der Waals surface area (Å²) in [5, 5.41) is 0.324. The highest BCUT2D eigenvalue weighted by atomic mass is 32.2. The van der Waals surface area contributed by atoms with Gasteiger partial charge >= 0.3 is 16.3 Å². The summed E-state index contributed by atoms with van der Waals surface area (Å²) < 4.78 is 33.7. The number of carbonyl (C=O) groups is 2. The Kier molecular flexibility index (Phi) is 4.76. The smallest absolute Gasteiger partial charge is 0.410 e. The summed E-state index contributed by atoms with van der Waals surface area (Å²) in [5.74, 6) is -0.528. The second kappa shape index (κ2) is 7.10. The Morgan fingerprint density at radius 1 is 1.29 bits per heavy atom. The van der Waals surface area contributed by atoms with Gasteiger partial charge in [0.05, 0.1) is 25.3 Å². The molecule has 1 aromatic heterocycles. The number of nitrogens with one attached hydrogen (secondary N) is 1. The summed E-state index contributed by atoms with van der Waals surface area (Å²) in [6, 6.07) is 8.98. The van der Waals surface area contributed by atoms with Crippen LogP contribution in [0.4, 0.5) is 9.80 Å². The number of hydrogen-bond donors (Lipinski definition) is 1. The lowest BCUT2D eigenvalue weighted by Gasteiger charge is -2.29. The van der Waals surface area contributed by atoms with E-state index in [1.165, 1.54) is 11.3 Å². The van der Waals surface area contributed by atoms with Crippen LogP contribution in [-0.4, -0.2) is 42.8 Å². The number of thiophene rings is 1. The lowest BCUT2D eigenvalue weighted by atomic mass is 10.0. The molecule has 0 saturated carbocycles. The molecule has 0 atom stereocenters. The summed E-state index contributed by atoms with van der Waals surface area (Å²) in [5.41, 5.74) is 1.93. The van der Waals surface area contributed by atoms with Gasteiger partial charge in [-0.2, -0.15) is 8.42 Å². The van der Waals surface area contributed by atoms with Crippen LogP contribution < -0.4 is 4.72 Å². The van der Waals surface area contributed by atoms with Crippen LogP contribution in [0.25, 0.3) is 0 Å². The molecule has 2 amide bonds. The highest BCUT2D eigenvalue weighted by Crippen LogP contribution is 2.41. The number of fused-ring (bicyclic) bond motifs is 3. The minimum absolute atomic E-state index is 0.0337. The molecule has 0 aliphatic carbocycles. The van der Waals surface area contributed by atoms with Crippen LogP contribution in [-0.2, 0) is 34.5 Å². The molecule has 0 saturated heterocycles. The number of benzene rings is 1. The Balaban J connectivity index is 1.66. The molecule has 1 aromatic carbocycles. The molecule has 0 radical (unpaired) electrons. The van der Waals surface area contributed by atoms with E-state index in [0.29, 0.717) is 30.1 Å². The van der Waals surface area contributed by atoms with Crippen LogP contribution in [0.3, 0.4) is 0 Å². The summed E-state index contributed by atoms with van der Waals surface area (Å²) in [6.07, 6.45) is 0.0734. The Morgan fingerprint density at radius 3 is 2.75 bits per heavy atom. The van der Waals surface area contributed by atoms with Crippen molar-refractivity contribution in [2.24, 2.45) is 0 Å². The van der Waals surface area contributed by atoms with Gasteiger partial charge in [0.1, 0.15) is 5.00 Å². The van der Waals surface area contributed by atoms with E-state index in [4.69, 9.17) is 4.74 Å². The second-order valence-electron chi connectivity index (χ2n) is 6.48. The number of amides is 2. The van der Waals surface area contributed by atoms with Gasteiger partial charge in [-0.3, -0.25) is 9.52 Å². The molecule has 10 heteroatoms. The summed E-state index contributed by atoms with van der Waals surface area (Å²) >= 11 is 1.20. The lowest BCUT2D eigenvalue weighted by Crippen LogP contribution is -2.44. The standard InChI is InChI=1S/C18H19N3O5S2/c1-2-26-18(23)20-9-8-13-14(11-20)27-16-15(13)17(22)21(28(24,25)19-16)10-12-6-4-3-5-7-12/h3-7,19H,2,8-11H2,1H3. The van der Waals surface area contributed by atoms with Gasteiger partial charge in [-0.1, -0.05) is 30.3 Å². The van der Waals surface area contributed by atoms with Gasteiger partial charge in [-0.25, -0.2) is 9.10 Å². The van der Waals surface area contributed by atoms with Crippen molar-refractivity contribution in [2.75, 3.05) is 17.9 Å². The number of carbonyl (C=O) groups excluding carboxylic acids is 2. The molecule has 3 heterocycles. The maximum Gasteiger partial charge on any atom is 0.410 e. The maximum atomic E-state index is 13.1. The Labute approximate surface area is 166 Å². The molecule has 0 spiro atoms. The number of rotatable bonds is 3. The first-order valence-electron chi connectivity index (χ1n) is 8.85. The number of ether oxygens (including phenoxy) is 1. The topological polar surface area (TPSA) is 96.0 Å². The van der Waals surface area contributed by atoms with Gasteiger partial charge in [0, 0.05) is 11.4 Å². The highest BCUT2D eigenvalue weighted by molar-refractivity contribution is 7.91. The van der Waals surface area contributed by atoms with Gasteiger partial charge in [0.25, 0.3) is 5.91 Å². The van der Waals surface area contributed by atoms with E-state index >= 15 is 0 Å². The minimum Gasteiger partial charge on any atom is -0.450 e. The fourth-order valence-corrected chi connectivity index (χ4v) is 6.05. The van der Waals surface area contributed by atoms with Crippen LogP contribution in [0, 0.1) is 0 Å². The average molecular weight is 422 g/mol. The van der Waals surface area contributed by atoms with Crippen molar-refractivity contribution in [1.82, 2.24) is 9.21 Å². The van der Waals surface area contributed by atoms with Crippen molar-refractivity contribution >= 4 is 38.5 Å². The number of hydrogen-bond acceptors (Lipinski definition) is 6. The summed E-state index contributed by atoms with van der Waals surface area (Å²) in [4.78, 5) is 27.5. The van der Waals surface area contributed by atoms with E-state index in [2.05, 4.69) is 4.72 Å². The lowest BCUT2D eigenvalue weighted by molar-refractivity contribution is 0.0852. The van der Waals surface area contributed by atoms with Gasteiger partial charge in [-0.05, 0) is 24.5 Å². The number of nitrogens with zero attached hydrogens (tertiary/aromatic N) is 2. The van der Waals surface area contributed by atoms with E-state index in [-0.39, 0.29) is 13.2 Å². The molecule has 8 nitrogen and oxygen atoms in total. The fraction of sp³-hybridized carbons (Fsp3) is 0.333. The average Bonchev–Trinajstić information content (AvgIpc) is 3.02.